The number of carbonyl (C=O) groups is 1. The van der Waals surface area contributed by atoms with Gasteiger partial charge in [-0.25, -0.2) is 4.98 Å². The summed E-state index contributed by atoms with van der Waals surface area (Å²) >= 11 is 0. The summed E-state index contributed by atoms with van der Waals surface area (Å²) in [5.74, 6) is 0.253. The Bertz CT molecular complexity index is 438. The Balaban J connectivity index is 2.54. The fourth-order valence-electron chi connectivity index (χ4n) is 1.30. The van der Waals surface area contributed by atoms with Gasteiger partial charge in [0.25, 0.3) is 0 Å². The number of nitrogens with one attached hydrogen (secondary N) is 1. The van der Waals surface area contributed by atoms with Crippen LogP contribution in [0.2, 0.25) is 0 Å². The lowest BCUT2D eigenvalue weighted by Crippen LogP contribution is -2.12. The standard InChI is InChI=1S/C12H15N3O2/c1-3-17-11(16)6-7-14-12-10(8-13)5-4-9(2)15-12/h4-5H,3,6-7H2,1-2H3,(H,14,15). The Hall–Kier alpha value is -2.09. The first-order valence-electron chi connectivity index (χ1n) is 5.44. The third kappa shape index (κ3) is 4.11. The monoisotopic (exact) mass is 233 g/mol. The van der Waals surface area contributed by atoms with Gasteiger partial charge in [-0.05, 0) is 26.0 Å². The molecular formula is C12H15N3O2. The van der Waals surface area contributed by atoms with Crippen LogP contribution in [0.1, 0.15) is 24.6 Å². The Morgan fingerprint density at radius 3 is 3.00 bits per heavy atom. The third-order valence-corrected chi connectivity index (χ3v) is 2.08. The maximum absolute atomic E-state index is 11.1. The molecule has 1 aromatic rings. The first-order valence-corrected chi connectivity index (χ1v) is 5.44. The quantitative estimate of drug-likeness (QED) is 0.782. The van der Waals surface area contributed by atoms with Crippen LogP contribution in [0.5, 0.6) is 0 Å². The number of anilines is 1. The molecule has 0 aromatic carbocycles. The van der Waals surface area contributed by atoms with Gasteiger partial charge < -0.3 is 10.1 Å². The molecule has 90 valence electrons. The number of pyridine rings is 1. The number of hydrogen-bond donors (Lipinski definition) is 1. The molecule has 0 radical (unpaired) electrons. The van der Waals surface area contributed by atoms with E-state index in [4.69, 9.17) is 10.00 Å². The highest BCUT2D eigenvalue weighted by Crippen LogP contribution is 2.11. The van der Waals surface area contributed by atoms with Crippen LogP contribution in [-0.4, -0.2) is 24.1 Å². The summed E-state index contributed by atoms with van der Waals surface area (Å²) in [7, 11) is 0. The first-order chi connectivity index (χ1) is 8.17. The number of ether oxygens (including phenoxy) is 1. The summed E-state index contributed by atoms with van der Waals surface area (Å²) in [6, 6.07) is 5.52. The second kappa shape index (κ2) is 6.48. The summed E-state index contributed by atoms with van der Waals surface area (Å²) in [6.45, 7) is 4.40. The Morgan fingerprint density at radius 2 is 2.35 bits per heavy atom. The lowest BCUT2D eigenvalue weighted by atomic mass is 10.2. The number of esters is 1. The molecule has 0 atom stereocenters. The highest BCUT2D eigenvalue weighted by molar-refractivity contribution is 5.70. The Morgan fingerprint density at radius 1 is 1.59 bits per heavy atom. The molecule has 5 nitrogen and oxygen atoms in total. The van der Waals surface area contributed by atoms with Gasteiger partial charge in [-0.3, -0.25) is 4.79 Å². The van der Waals surface area contributed by atoms with Gasteiger partial charge >= 0.3 is 5.97 Å². The van der Waals surface area contributed by atoms with Gasteiger partial charge in [0.2, 0.25) is 0 Å². The van der Waals surface area contributed by atoms with E-state index in [0.29, 0.717) is 24.5 Å². The molecule has 0 bridgehead atoms. The fourth-order valence-corrected chi connectivity index (χ4v) is 1.30. The molecule has 0 fully saturated rings. The minimum absolute atomic E-state index is 0.258. The summed E-state index contributed by atoms with van der Waals surface area (Å²) in [5, 5.41) is 11.8. The molecule has 1 aromatic heterocycles. The topological polar surface area (TPSA) is 75.0 Å². The van der Waals surface area contributed by atoms with Crippen LogP contribution in [-0.2, 0) is 9.53 Å². The zero-order valence-electron chi connectivity index (χ0n) is 9.99. The zero-order valence-corrected chi connectivity index (χ0v) is 9.99. The van der Waals surface area contributed by atoms with Crippen molar-refractivity contribution >= 4 is 11.8 Å². The molecule has 1 rings (SSSR count). The molecule has 0 unspecified atom stereocenters. The van der Waals surface area contributed by atoms with Crippen LogP contribution in [0.3, 0.4) is 0 Å². The minimum atomic E-state index is -0.258. The molecule has 1 heterocycles. The van der Waals surface area contributed by atoms with Crippen molar-refractivity contribution < 1.29 is 9.53 Å². The van der Waals surface area contributed by atoms with E-state index in [0.717, 1.165) is 5.69 Å². The van der Waals surface area contributed by atoms with E-state index in [1.54, 1.807) is 19.1 Å². The number of carbonyl (C=O) groups excluding carboxylic acids is 1. The predicted octanol–water partition coefficient (Wildman–Crippen LogP) is 1.63. The average molecular weight is 233 g/mol. The molecule has 0 saturated heterocycles. The number of nitrogens with zero attached hydrogens (tertiary/aromatic N) is 2. The van der Waals surface area contributed by atoms with Gasteiger partial charge in [-0.1, -0.05) is 0 Å². The van der Waals surface area contributed by atoms with Gasteiger partial charge in [-0.15, -0.1) is 0 Å². The lowest BCUT2D eigenvalue weighted by Gasteiger charge is -2.07. The van der Waals surface area contributed by atoms with Crippen molar-refractivity contribution in [2.45, 2.75) is 20.3 Å². The van der Waals surface area contributed by atoms with Gasteiger partial charge in [0, 0.05) is 12.2 Å². The maximum atomic E-state index is 11.1. The lowest BCUT2D eigenvalue weighted by molar-refractivity contribution is -0.142. The molecule has 0 spiro atoms. The molecule has 0 amide bonds. The van der Waals surface area contributed by atoms with Crippen molar-refractivity contribution in [1.29, 1.82) is 5.26 Å². The van der Waals surface area contributed by atoms with Crippen LogP contribution in [0, 0.1) is 18.3 Å². The normalized spacial score (nSPS) is 9.47. The van der Waals surface area contributed by atoms with Crippen molar-refractivity contribution in [3.05, 3.63) is 23.4 Å². The van der Waals surface area contributed by atoms with Crippen molar-refractivity contribution in [3.63, 3.8) is 0 Å². The number of aromatic nitrogens is 1. The minimum Gasteiger partial charge on any atom is -0.466 e. The predicted molar refractivity (Wildman–Crippen MR) is 63.4 cm³/mol. The largest absolute Gasteiger partial charge is 0.466 e. The van der Waals surface area contributed by atoms with E-state index >= 15 is 0 Å². The van der Waals surface area contributed by atoms with Crippen LogP contribution in [0.15, 0.2) is 12.1 Å². The van der Waals surface area contributed by atoms with Crippen LogP contribution < -0.4 is 5.32 Å². The van der Waals surface area contributed by atoms with Gasteiger partial charge in [0.1, 0.15) is 11.9 Å². The van der Waals surface area contributed by atoms with E-state index in [2.05, 4.69) is 10.3 Å². The van der Waals surface area contributed by atoms with Crippen molar-refractivity contribution in [3.8, 4) is 6.07 Å². The fraction of sp³-hybridized carbons (Fsp3) is 0.417. The van der Waals surface area contributed by atoms with Crippen LogP contribution in [0.4, 0.5) is 5.82 Å². The average Bonchev–Trinajstić information content (AvgIpc) is 2.30. The van der Waals surface area contributed by atoms with Crippen LogP contribution >= 0.6 is 0 Å². The molecule has 1 N–H and O–H groups in total. The molecular weight excluding hydrogens is 218 g/mol. The van der Waals surface area contributed by atoms with Crippen LogP contribution in [0.25, 0.3) is 0 Å². The molecule has 17 heavy (non-hydrogen) atoms. The molecule has 0 saturated carbocycles. The Kier molecular flexibility index (Phi) is 4.95. The Labute approximate surface area is 100 Å². The zero-order chi connectivity index (χ0) is 12.7. The van der Waals surface area contributed by atoms with Crippen molar-refractivity contribution in [2.75, 3.05) is 18.5 Å². The summed E-state index contributed by atoms with van der Waals surface area (Å²) in [5.41, 5.74) is 1.29. The number of nitriles is 1. The SMILES string of the molecule is CCOC(=O)CCNc1nc(C)ccc1C#N. The number of aryl methyl sites for hydroxylation is 1. The van der Waals surface area contributed by atoms with E-state index in [1.165, 1.54) is 0 Å². The van der Waals surface area contributed by atoms with E-state index in [1.807, 2.05) is 13.0 Å². The van der Waals surface area contributed by atoms with E-state index in [-0.39, 0.29) is 12.4 Å². The van der Waals surface area contributed by atoms with E-state index in [9.17, 15) is 4.79 Å². The van der Waals surface area contributed by atoms with Gasteiger partial charge in [0.15, 0.2) is 0 Å². The first kappa shape index (κ1) is 13.0. The highest BCUT2D eigenvalue weighted by Gasteiger charge is 2.05. The van der Waals surface area contributed by atoms with Gasteiger partial charge in [0.05, 0.1) is 18.6 Å². The molecule has 0 aliphatic rings. The van der Waals surface area contributed by atoms with E-state index < -0.39 is 0 Å². The highest BCUT2D eigenvalue weighted by atomic mass is 16.5. The smallest absolute Gasteiger partial charge is 0.307 e. The number of hydrogen-bond acceptors (Lipinski definition) is 5. The third-order valence-electron chi connectivity index (χ3n) is 2.08. The summed E-state index contributed by atoms with van der Waals surface area (Å²) < 4.78 is 4.80. The molecule has 0 aliphatic carbocycles. The summed E-state index contributed by atoms with van der Waals surface area (Å²) in [6.07, 6.45) is 0.258. The van der Waals surface area contributed by atoms with Gasteiger partial charge in [-0.2, -0.15) is 5.26 Å². The number of rotatable bonds is 5. The van der Waals surface area contributed by atoms with Crippen molar-refractivity contribution in [2.24, 2.45) is 0 Å². The molecule has 0 aliphatic heterocycles. The summed E-state index contributed by atoms with van der Waals surface area (Å²) in [4.78, 5) is 15.3. The molecule has 5 heteroatoms. The second-order valence-corrected chi connectivity index (χ2v) is 3.44. The van der Waals surface area contributed by atoms with Crippen molar-refractivity contribution in [1.82, 2.24) is 4.98 Å². The maximum Gasteiger partial charge on any atom is 0.307 e. The second-order valence-electron chi connectivity index (χ2n) is 3.44.